The minimum Gasteiger partial charge on any atom is -0.366 e. The first-order valence-electron chi connectivity index (χ1n) is 20.2. The van der Waals surface area contributed by atoms with Crippen molar-refractivity contribution < 1.29 is 9.59 Å². The van der Waals surface area contributed by atoms with Gasteiger partial charge < -0.3 is 29.9 Å². The largest absolute Gasteiger partial charge is 0.366 e. The zero-order valence-electron chi connectivity index (χ0n) is 30.9. The second-order valence-electron chi connectivity index (χ2n) is 17.0. The summed E-state index contributed by atoms with van der Waals surface area (Å²) in [5.41, 5.74) is 5.56. The van der Waals surface area contributed by atoms with E-state index >= 15 is 0 Å². The molecule has 6 heterocycles. The number of carbonyl (C=O) groups is 2. The number of imidazole rings is 1. The molecule has 9 rings (SSSR count). The molecular weight excluding hydrogens is 637 g/mol. The second kappa shape index (κ2) is 13.2. The summed E-state index contributed by atoms with van der Waals surface area (Å²) < 4.78 is 2.21. The maximum Gasteiger partial charge on any atom is 0.238 e. The predicted octanol–water partition coefficient (Wildman–Crippen LogP) is 6.11. The van der Waals surface area contributed by atoms with Crippen molar-refractivity contribution in [1.82, 2.24) is 29.7 Å². The molecule has 5 fully saturated rings. The first-order valence-corrected chi connectivity index (χ1v) is 20.2. The second-order valence-corrected chi connectivity index (χ2v) is 17.0. The normalized spacial score (nSPS) is 26.2. The zero-order chi connectivity index (χ0) is 34.9. The summed E-state index contributed by atoms with van der Waals surface area (Å²) in [6.07, 6.45) is 13.8. The lowest BCUT2D eigenvalue weighted by Gasteiger charge is -2.48. The van der Waals surface area contributed by atoms with E-state index in [1.54, 1.807) is 0 Å². The Kier molecular flexibility index (Phi) is 8.61. The molecule has 2 amide bonds. The van der Waals surface area contributed by atoms with Crippen LogP contribution in [0.25, 0.3) is 22.3 Å². The fourth-order valence-electron chi connectivity index (χ4n) is 10.0. The van der Waals surface area contributed by atoms with Crippen molar-refractivity contribution in [3.63, 3.8) is 0 Å². The summed E-state index contributed by atoms with van der Waals surface area (Å²) in [5.74, 6) is 1.90. The van der Waals surface area contributed by atoms with Gasteiger partial charge in [-0.2, -0.15) is 0 Å². The molecule has 3 aromatic rings. The number of carbonyl (C=O) groups excluding carboxylic acids is 2. The Morgan fingerprint density at radius 1 is 0.941 bits per heavy atom. The van der Waals surface area contributed by atoms with Crippen molar-refractivity contribution in [2.45, 2.75) is 121 Å². The minimum atomic E-state index is -0.578. The zero-order valence-corrected chi connectivity index (χ0v) is 30.9. The number of fused-ring (bicyclic) bond motifs is 3. The van der Waals surface area contributed by atoms with E-state index in [0.717, 1.165) is 78.1 Å². The minimum absolute atomic E-state index is 0.0320. The standard InChI is InChI=1S/C41H56N8O2/c1-26(2)48-25-43-35-24-34(45-38(37(35)48)44-30-8-9-30)29-7-10-33-36(21-29)49(32-22-31(23-32)46-17-5-4-6-18-46)40(51)41(33)13-19-47(20-14-41)39(50)27(3)28-11-15-42-16-12-28/h7,10,21,24-28,30-32,42H,4-6,8-9,11-20,22-23H2,1-3H3,(H,44,45). The third kappa shape index (κ3) is 5.85. The quantitative estimate of drug-likeness (QED) is 0.294. The summed E-state index contributed by atoms with van der Waals surface area (Å²) in [4.78, 5) is 45.7. The number of nitrogens with one attached hydrogen (secondary N) is 2. The molecule has 6 aliphatic rings. The first kappa shape index (κ1) is 33.3. The molecule has 0 bridgehead atoms. The SMILES string of the molecule is CC(C(=O)N1CCC2(CC1)C(=O)N(C1CC(N3CCCCC3)C1)c1cc(-c3cc4ncn(C(C)C)c4c(NC4CC4)n3)ccc12)C1CCNCC1. The number of benzene rings is 1. The fraction of sp³-hybridized carbons (Fsp3) is 0.659. The summed E-state index contributed by atoms with van der Waals surface area (Å²) >= 11 is 0. The van der Waals surface area contributed by atoms with Gasteiger partial charge >= 0.3 is 0 Å². The Bertz CT molecular complexity index is 1790. The molecule has 2 aromatic heterocycles. The van der Waals surface area contributed by atoms with E-state index < -0.39 is 5.41 Å². The molecule has 1 aromatic carbocycles. The number of anilines is 2. The maximum atomic E-state index is 14.9. The van der Waals surface area contributed by atoms with E-state index in [2.05, 4.69) is 74.9 Å². The lowest BCUT2D eigenvalue weighted by molar-refractivity contribution is -0.140. The number of amides is 2. The van der Waals surface area contributed by atoms with Gasteiger partial charge in [-0.3, -0.25) is 9.59 Å². The van der Waals surface area contributed by atoms with E-state index in [0.29, 0.717) is 43.9 Å². The number of pyridine rings is 1. The van der Waals surface area contributed by atoms with Crippen molar-refractivity contribution >= 4 is 34.4 Å². The van der Waals surface area contributed by atoms with Crippen LogP contribution in [0, 0.1) is 11.8 Å². The van der Waals surface area contributed by atoms with Gasteiger partial charge in [0.25, 0.3) is 0 Å². The molecule has 10 heteroatoms. The number of aromatic nitrogens is 3. The molecule has 1 atom stereocenters. The Morgan fingerprint density at radius 2 is 1.69 bits per heavy atom. The molecule has 3 saturated heterocycles. The molecule has 51 heavy (non-hydrogen) atoms. The van der Waals surface area contributed by atoms with Crippen LogP contribution in [0.1, 0.15) is 103 Å². The summed E-state index contributed by atoms with van der Waals surface area (Å²) in [5, 5.41) is 7.14. The van der Waals surface area contributed by atoms with Gasteiger partial charge in [-0.15, -0.1) is 0 Å². The Labute approximate surface area is 302 Å². The molecule has 10 nitrogen and oxygen atoms in total. The van der Waals surface area contributed by atoms with Gasteiger partial charge in [0.1, 0.15) is 5.52 Å². The molecule has 272 valence electrons. The van der Waals surface area contributed by atoms with E-state index in [1.165, 1.54) is 45.2 Å². The third-order valence-electron chi connectivity index (χ3n) is 13.5. The van der Waals surface area contributed by atoms with Gasteiger partial charge in [0.2, 0.25) is 11.8 Å². The highest BCUT2D eigenvalue weighted by Gasteiger charge is 2.56. The van der Waals surface area contributed by atoms with Crippen LogP contribution < -0.4 is 15.5 Å². The molecule has 1 unspecified atom stereocenters. The molecule has 2 saturated carbocycles. The van der Waals surface area contributed by atoms with Gasteiger partial charge in [0, 0.05) is 54.4 Å². The lowest BCUT2D eigenvalue weighted by atomic mass is 9.73. The molecule has 2 N–H and O–H groups in total. The smallest absolute Gasteiger partial charge is 0.238 e. The van der Waals surface area contributed by atoms with Gasteiger partial charge in [0.05, 0.1) is 23.0 Å². The highest BCUT2D eigenvalue weighted by molar-refractivity contribution is 6.09. The third-order valence-corrected chi connectivity index (χ3v) is 13.5. The van der Waals surface area contributed by atoms with Crippen LogP contribution in [0.5, 0.6) is 0 Å². The molecule has 2 aliphatic carbocycles. The van der Waals surface area contributed by atoms with Crippen LogP contribution in [-0.4, -0.2) is 93.5 Å². The Morgan fingerprint density at radius 3 is 2.39 bits per heavy atom. The summed E-state index contributed by atoms with van der Waals surface area (Å²) in [6.45, 7) is 12.1. The van der Waals surface area contributed by atoms with Crippen molar-refractivity contribution in [3.8, 4) is 11.3 Å². The Hall–Kier alpha value is -3.50. The fourth-order valence-corrected chi connectivity index (χ4v) is 10.0. The average molecular weight is 693 g/mol. The maximum absolute atomic E-state index is 14.9. The monoisotopic (exact) mass is 692 g/mol. The van der Waals surface area contributed by atoms with Crippen LogP contribution in [0.15, 0.2) is 30.6 Å². The van der Waals surface area contributed by atoms with Crippen molar-refractivity contribution in [3.05, 3.63) is 36.2 Å². The van der Waals surface area contributed by atoms with Crippen molar-refractivity contribution in [2.24, 2.45) is 11.8 Å². The number of likely N-dealkylation sites (tertiary alicyclic amines) is 2. The van der Waals surface area contributed by atoms with E-state index in [1.807, 2.05) is 6.33 Å². The van der Waals surface area contributed by atoms with Crippen LogP contribution in [-0.2, 0) is 15.0 Å². The number of rotatable bonds is 8. The molecule has 4 aliphatic heterocycles. The van der Waals surface area contributed by atoms with E-state index in [4.69, 9.17) is 9.97 Å². The summed E-state index contributed by atoms with van der Waals surface area (Å²) in [6, 6.07) is 10.3. The number of piperidine rings is 3. The number of hydrogen-bond donors (Lipinski definition) is 2. The van der Waals surface area contributed by atoms with Crippen LogP contribution in [0.3, 0.4) is 0 Å². The van der Waals surface area contributed by atoms with E-state index in [-0.39, 0.29) is 29.8 Å². The van der Waals surface area contributed by atoms with Gasteiger partial charge in [-0.25, -0.2) is 9.97 Å². The number of nitrogens with zero attached hydrogens (tertiary/aromatic N) is 6. The number of hydrogen-bond acceptors (Lipinski definition) is 7. The lowest BCUT2D eigenvalue weighted by Crippen LogP contribution is -2.58. The van der Waals surface area contributed by atoms with Gasteiger partial charge in [0.15, 0.2) is 5.82 Å². The van der Waals surface area contributed by atoms with Gasteiger partial charge in [-0.05, 0) is 128 Å². The molecular formula is C41H56N8O2. The highest BCUT2D eigenvalue weighted by atomic mass is 16.2. The summed E-state index contributed by atoms with van der Waals surface area (Å²) in [7, 11) is 0. The molecule has 0 radical (unpaired) electrons. The van der Waals surface area contributed by atoms with Crippen molar-refractivity contribution in [2.75, 3.05) is 49.5 Å². The predicted molar refractivity (Wildman–Crippen MR) is 202 cm³/mol. The van der Waals surface area contributed by atoms with Crippen LogP contribution in [0.2, 0.25) is 0 Å². The van der Waals surface area contributed by atoms with Crippen LogP contribution >= 0.6 is 0 Å². The Balaban J connectivity index is 1.03. The van der Waals surface area contributed by atoms with E-state index in [9.17, 15) is 9.59 Å². The topological polar surface area (TPSA) is 98.6 Å². The molecule has 1 spiro atoms. The van der Waals surface area contributed by atoms with Crippen LogP contribution in [0.4, 0.5) is 11.5 Å². The highest BCUT2D eigenvalue weighted by Crippen LogP contribution is 2.52. The average Bonchev–Trinajstić information content (AvgIpc) is 3.80. The first-order chi connectivity index (χ1) is 24.8. The van der Waals surface area contributed by atoms with Crippen molar-refractivity contribution in [1.29, 1.82) is 0 Å². The van der Waals surface area contributed by atoms with Gasteiger partial charge in [-0.1, -0.05) is 25.5 Å².